The van der Waals surface area contributed by atoms with E-state index in [0.29, 0.717) is 12.1 Å². The highest BCUT2D eigenvalue weighted by Gasteiger charge is 2.16. The van der Waals surface area contributed by atoms with Gasteiger partial charge < -0.3 is 19.7 Å². The van der Waals surface area contributed by atoms with Crippen LogP contribution in [0.1, 0.15) is 16.8 Å². The van der Waals surface area contributed by atoms with Crippen LogP contribution >= 0.6 is 0 Å². The Morgan fingerprint density at radius 3 is 2.73 bits per heavy atom. The van der Waals surface area contributed by atoms with Crippen LogP contribution in [0, 0.1) is 0 Å². The number of aromatic nitrogens is 1. The topological polar surface area (TPSA) is 64.9 Å². The lowest BCUT2D eigenvalue weighted by Gasteiger charge is -2.23. The molecule has 1 aliphatic heterocycles. The maximum absolute atomic E-state index is 13.1. The molecular formula is C24H28N3O3+. The average molecular weight is 407 g/mol. The summed E-state index contributed by atoms with van der Waals surface area (Å²) < 4.78 is 10.9. The number of carbonyl (C=O) groups excluding carboxylic acids is 1. The number of nitrogens with one attached hydrogen (secondary N) is 2. The van der Waals surface area contributed by atoms with Gasteiger partial charge >= 0.3 is 0 Å². The molecule has 1 amide bonds. The number of methoxy groups -OCH3 is 1. The number of hydrogen-bond donors (Lipinski definition) is 2. The molecule has 0 radical (unpaired) electrons. The van der Waals surface area contributed by atoms with Gasteiger partial charge in [-0.15, -0.1) is 0 Å². The second kappa shape index (κ2) is 9.69. The van der Waals surface area contributed by atoms with Crippen LogP contribution in [0.25, 0.3) is 22.2 Å². The zero-order valence-electron chi connectivity index (χ0n) is 17.3. The summed E-state index contributed by atoms with van der Waals surface area (Å²) >= 11 is 0. The highest BCUT2D eigenvalue weighted by molar-refractivity contribution is 6.07. The number of rotatable bonds is 7. The molecule has 6 heteroatoms. The predicted molar refractivity (Wildman–Crippen MR) is 117 cm³/mol. The van der Waals surface area contributed by atoms with E-state index in [2.05, 4.69) is 5.32 Å². The first-order valence-electron chi connectivity index (χ1n) is 10.5. The van der Waals surface area contributed by atoms with Crippen LogP contribution in [0.2, 0.25) is 0 Å². The van der Waals surface area contributed by atoms with E-state index in [1.807, 2.05) is 54.6 Å². The molecule has 1 aromatic heterocycles. The van der Waals surface area contributed by atoms with Crippen molar-refractivity contribution < 1.29 is 19.2 Å². The molecule has 2 N–H and O–H groups in total. The number of amides is 1. The molecule has 0 aliphatic carbocycles. The van der Waals surface area contributed by atoms with Gasteiger partial charge in [-0.3, -0.25) is 4.79 Å². The van der Waals surface area contributed by atoms with Crippen LogP contribution in [0.3, 0.4) is 0 Å². The van der Waals surface area contributed by atoms with Crippen molar-refractivity contribution in [1.29, 1.82) is 0 Å². The van der Waals surface area contributed by atoms with Crippen molar-refractivity contribution in [3.63, 3.8) is 0 Å². The first kappa shape index (κ1) is 20.3. The van der Waals surface area contributed by atoms with E-state index in [0.717, 1.165) is 67.2 Å². The predicted octanol–water partition coefficient (Wildman–Crippen LogP) is 1.95. The summed E-state index contributed by atoms with van der Waals surface area (Å²) in [7, 11) is 1.64. The molecule has 1 saturated heterocycles. The number of morpholine rings is 1. The molecule has 0 saturated carbocycles. The van der Waals surface area contributed by atoms with Gasteiger partial charge in [-0.05, 0) is 24.3 Å². The fourth-order valence-electron chi connectivity index (χ4n) is 3.90. The summed E-state index contributed by atoms with van der Waals surface area (Å²) in [6, 6.07) is 17.4. The molecule has 0 bridgehead atoms. The monoisotopic (exact) mass is 406 g/mol. The first-order valence-corrected chi connectivity index (χ1v) is 10.5. The van der Waals surface area contributed by atoms with E-state index in [1.165, 1.54) is 0 Å². The molecule has 3 aromatic rings. The SMILES string of the molecule is COc1ccccc1-c1cc(C(=O)NCCC[NH+]2CCOCC2)c2ccccc2n1. The number of fused-ring (bicyclic) bond motifs is 1. The number of para-hydroxylation sites is 2. The van der Waals surface area contributed by atoms with Gasteiger partial charge in [0, 0.05) is 23.9 Å². The second-order valence-corrected chi connectivity index (χ2v) is 7.49. The van der Waals surface area contributed by atoms with Crippen LogP contribution in [-0.2, 0) is 4.74 Å². The number of hydrogen-bond acceptors (Lipinski definition) is 4. The molecule has 156 valence electrons. The van der Waals surface area contributed by atoms with Crippen molar-refractivity contribution in [1.82, 2.24) is 10.3 Å². The maximum atomic E-state index is 13.1. The van der Waals surface area contributed by atoms with E-state index >= 15 is 0 Å². The lowest BCUT2D eigenvalue weighted by molar-refractivity contribution is -0.908. The van der Waals surface area contributed by atoms with Gasteiger partial charge in [-0.25, -0.2) is 4.98 Å². The Morgan fingerprint density at radius 2 is 1.90 bits per heavy atom. The van der Waals surface area contributed by atoms with E-state index in [9.17, 15) is 4.79 Å². The van der Waals surface area contributed by atoms with Crippen LogP contribution in [0.4, 0.5) is 0 Å². The lowest BCUT2D eigenvalue weighted by Crippen LogP contribution is -3.14. The van der Waals surface area contributed by atoms with Crippen molar-refractivity contribution >= 4 is 16.8 Å². The first-order chi connectivity index (χ1) is 14.8. The van der Waals surface area contributed by atoms with Gasteiger partial charge in [0.15, 0.2) is 0 Å². The summed E-state index contributed by atoms with van der Waals surface area (Å²) in [5, 5.41) is 3.95. The summed E-state index contributed by atoms with van der Waals surface area (Å²) in [6.45, 7) is 5.46. The van der Waals surface area contributed by atoms with Crippen molar-refractivity contribution in [2.45, 2.75) is 6.42 Å². The number of nitrogens with zero attached hydrogens (tertiary/aromatic N) is 1. The smallest absolute Gasteiger partial charge is 0.252 e. The zero-order valence-corrected chi connectivity index (χ0v) is 17.3. The van der Waals surface area contributed by atoms with Gasteiger partial charge in [0.25, 0.3) is 5.91 Å². The van der Waals surface area contributed by atoms with Crippen LogP contribution in [0.15, 0.2) is 54.6 Å². The van der Waals surface area contributed by atoms with Gasteiger partial charge in [0.1, 0.15) is 18.8 Å². The van der Waals surface area contributed by atoms with Crippen molar-refractivity contribution in [3.05, 3.63) is 60.2 Å². The van der Waals surface area contributed by atoms with Gasteiger partial charge in [-0.1, -0.05) is 30.3 Å². The summed E-state index contributed by atoms with van der Waals surface area (Å²) in [6.07, 6.45) is 0.948. The molecule has 4 rings (SSSR count). The van der Waals surface area contributed by atoms with Gasteiger partial charge in [-0.2, -0.15) is 0 Å². The average Bonchev–Trinajstić information content (AvgIpc) is 2.81. The number of quaternary nitrogens is 1. The fourth-order valence-corrected chi connectivity index (χ4v) is 3.90. The minimum atomic E-state index is -0.0678. The number of carbonyl (C=O) groups is 1. The Balaban J connectivity index is 1.54. The Morgan fingerprint density at radius 1 is 1.13 bits per heavy atom. The molecule has 0 spiro atoms. The van der Waals surface area contributed by atoms with E-state index in [1.54, 1.807) is 12.0 Å². The molecular weight excluding hydrogens is 378 g/mol. The Labute approximate surface area is 176 Å². The summed E-state index contributed by atoms with van der Waals surface area (Å²) in [4.78, 5) is 19.4. The largest absolute Gasteiger partial charge is 0.496 e. The summed E-state index contributed by atoms with van der Waals surface area (Å²) in [5.41, 5.74) is 3.04. The highest BCUT2D eigenvalue weighted by Crippen LogP contribution is 2.31. The normalized spacial score (nSPS) is 14.6. The molecule has 6 nitrogen and oxygen atoms in total. The van der Waals surface area contributed by atoms with E-state index in [4.69, 9.17) is 14.5 Å². The molecule has 1 aliphatic rings. The molecule has 30 heavy (non-hydrogen) atoms. The third-order valence-electron chi connectivity index (χ3n) is 5.54. The second-order valence-electron chi connectivity index (χ2n) is 7.49. The number of ether oxygens (including phenoxy) is 2. The Bertz CT molecular complexity index is 1020. The van der Waals surface area contributed by atoms with Crippen LogP contribution in [-0.4, -0.2) is 57.4 Å². The highest BCUT2D eigenvalue weighted by atomic mass is 16.5. The number of benzene rings is 2. The van der Waals surface area contributed by atoms with E-state index in [-0.39, 0.29) is 5.91 Å². The van der Waals surface area contributed by atoms with E-state index < -0.39 is 0 Å². The minimum absolute atomic E-state index is 0.0678. The lowest BCUT2D eigenvalue weighted by atomic mass is 10.0. The van der Waals surface area contributed by atoms with Crippen LogP contribution in [0.5, 0.6) is 5.75 Å². The quantitative estimate of drug-likeness (QED) is 0.589. The summed E-state index contributed by atoms with van der Waals surface area (Å²) in [5.74, 6) is 0.668. The maximum Gasteiger partial charge on any atom is 0.252 e. The molecule has 2 aromatic carbocycles. The molecule has 1 fully saturated rings. The Kier molecular flexibility index (Phi) is 6.57. The third-order valence-corrected chi connectivity index (χ3v) is 5.54. The minimum Gasteiger partial charge on any atom is -0.496 e. The van der Waals surface area contributed by atoms with Gasteiger partial charge in [0.05, 0.1) is 43.6 Å². The third kappa shape index (κ3) is 4.61. The molecule has 2 heterocycles. The molecule has 0 atom stereocenters. The van der Waals surface area contributed by atoms with Crippen molar-refractivity contribution in [2.75, 3.05) is 46.5 Å². The van der Waals surface area contributed by atoms with Crippen molar-refractivity contribution in [3.8, 4) is 17.0 Å². The molecule has 0 unspecified atom stereocenters. The fraction of sp³-hybridized carbons (Fsp3) is 0.333. The van der Waals surface area contributed by atoms with Crippen LogP contribution < -0.4 is 15.0 Å². The standard InChI is InChI=1S/C24H27N3O3/c1-29-23-10-5-3-8-19(23)22-17-20(18-7-2-4-9-21(18)26-22)24(28)25-11-6-12-27-13-15-30-16-14-27/h2-5,7-10,17H,6,11-16H2,1H3,(H,25,28)/p+1. The van der Waals surface area contributed by atoms with Crippen molar-refractivity contribution in [2.24, 2.45) is 0 Å². The zero-order chi connectivity index (χ0) is 20.8. The Hall–Kier alpha value is -2.96. The number of pyridine rings is 1. The van der Waals surface area contributed by atoms with Gasteiger partial charge in [0.2, 0.25) is 0 Å².